The Morgan fingerprint density at radius 1 is 0.976 bits per heavy atom. The van der Waals surface area contributed by atoms with Crippen LogP contribution in [0.4, 0.5) is 26.3 Å². The fourth-order valence-corrected chi connectivity index (χ4v) is 4.65. The first-order valence-corrected chi connectivity index (χ1v) is 12.2. The van der Waals surface area contributed by atoms with Gasteiger partial charge in [0.15, 0.2) is 0 Å². The molecule has 4 rings (SSSR count). The third-order valence-corrected chi connectivity index (χ3v) is 6.93. The van der Waals surface area contributed by atoms with Gasteiger partial charge in [-0.1, -0.05) is 6.58 Å². The molecular weight excluding hydrogens is 562 g/mol. The van der Waals surface area contributed by atoms with Gasteiger partial charge in [-0.25, -0.2) is 9.59 Å². The predicted octanol–water partition coefficient (Wildman–Crippen LogP) is 6.96. The van der Waals surface area contributed by atoms with Gasteiger partial charge in [0.25, 0.3) is 0 Å². The van der Waals surface area contributed by atoms with Crippen molar-refractivity contribution in [3.8, 4) is 28.4 Å². The van der Waals surface area contributed by atoms with Crippen molar-refractivity contribution in [3.63, 3.8) is 0 Å². The first-order chi connectivity index (χ1) is 19.0. The third kappa shape index (κ3) is 5.98. The normalized spacial score (nSPS) is 21.0. The molecule has 3 unspecified atom stereocenters. The highest BCUT2D eigenvalue weighted by atomic mass is 19.4. The highest BCUT2D eigenvalue weighted by Crippen LogP contribution is 2.53. The Hall–Kier alpha value is -4.16. The smallest absolute Gasteiger partial charge is 0.497 e. The van der Waals surface area contributed by atoms with Crippen molar-refractivity contribution in [2.45, 2.75) is 51.4 Å². The standard InChI is InChI=1S/C28H24F6O7/c1-14(2)24(35)40-23-10-9-22(26(23,3)27(29,30)31)38-17-6-5-15-11-19(25(36)39-20(15)13-17)18-8-7-16(37-4)12-21(18)41-28(32,33)34/h5-8,11-13,22-23H,1,9-10H2,2-4H3. The van der Waals surface area contributed by atoms with E-state index in [1.165, 1.54) is 50.4 Å². The number of rotatable bonds is 7. The molecule has 13 heteroatoms. The van der Waals surface area contributed by atoms with Crippen LogP contribution in [0, 0.1) is 5.41 Å². The average molecular weight is 586 g/mol. The number of carbonyl (C=O) groups is 1. The maximum atomic E-state index is 14.3. The Balaban J connectivity index is 1.67. The number of ether oxygens (including phenoxy) is 4. The molecule has 1 aromatic heterocycles. The van der Waals surface area contributed by atoms with Crippen LogP contribution < -0.4 is 19.8 Å². The quantitative estimate of drug-likeness (QED) is 0.128. The van der Waals surface area contributed by atoms with Gasteiger partial charge in [0, 0.05) is 28.7 Å². The van der Waals surface area contributed by atoms with Gasteiger partial charge < -0.3 is 23.4 Å². The Morgan fingerprint density at radius 3 is 2.24 bits per heavy atom. The Morgan fingerprint density at radius 2 is 1.63 bits per heavy atom. The molecule has 0 bridgehead atoms. The summed E-state index contributed by atoms with van der Waals surface area (Å²) in [6.45, 7) is 5.63. The second kappa shape index (κ2) is 10.7. The summed E-state index contributed by atoms with van der Waals surface area (Å²) in [6.07, 6.45) is -13.0. The highest BCUT2D eigenvalue weighted by Gasteiger charge is 2.66. The second-order valence-electron chi connectivity index (χ2n) is 9.70. The van der Waals surface area contributed by atoms with Crippen molar-refractivity contribution in [2.24, 2.45) is 5.41 Å². The van der Waals surface area contributed by atoms with Gasteiger partial charge in [0.05, 0.1) is 12.7 Å². The Labute approximate surface area is 229 Å². The molecule has 0 amide bonds. The van der Waals surface area contributed by atoms with Crippen LogP contribution in [0.5, 0.6) is 17.2 Å². The van der Waals surface area contributed by atoms with E-state index in [4.69, 9.17) is 18.6 Å². The van der Waals surface area contributed by atoms with Crippen LogP contribution >= 0.6 is 0 Å². The molecule has 1 saturated carbocycles. The molecule has 3 aromatic rings. The fraction of sp³-hybridized carbons (Fsp3) is 0.357. The molecule has 1 fully saturated rings. The summed E-state index contributed by atoms with van der Waals surface area (Å²) in [7, 11) is 1.24. The van der Waals surface area contributed by atoms with E-state index in [-0.39, 0.29) is 52.0 Å². The van der Waals surface area contributed by atoms with Crippen molar-refractivity contribution in [1.82, 2.24) is 0 Å². The molecule has 1 aliphatic carbocycles. The number of fused-ring (bicyclic) bond motifs is 1. The van der Waals surface area contributed by atoms with E-state index in [0.717, 1.165) is 13.0 Å². The SMILES string of the molecule is C=C(C)C(=O)OC1CCC(Oc2ccc3cc(-c4ccc(OC)cc4OC(F)(F)F)c(=O)oc3c2)C1(C)C(F)(F)F. The third-order valence-electron chi connectivity index (χ3n) is 6.93. The van der Waals surface area contributed by atoms with Crippen LogP contribution in [0.2, 0.25) is 0 Å². The lowest BCUT2D eigenvalue weighted by molar-refractivity contribution is -0.274. The van der Waals surface area contributed by atoms with Crippen LogP contribution in [0.1, 0.15) is 26.7 Å². The Kier molecular flexibility index (Phi) is 7.76. The zero-order valence-electron chi connectivity index (χ0n) is 21.9. The number of hydrogen-bond donors (Lipinski definition) is 0. The summed E-state index contributed by atoms with van der Waals surface area (Å²) in [5, 5.41) is 0.249. The van der Waals surface area contributed by atoms with Crippen molar-refractivity contribution in [2.75, 3.05) is 7.11 Å². The topological polar surface area (TPSA) is 84.2 Å². The molecule has 1 aliphatic rings. The summed E-state index contributed by atoms with van der Waals surface area (Å²) >= 11 is 0. The number of methoxy groups -OCH3 is 1. The summed E-state index contributed by atoms with van der Waals surface area (Å²) in [5.41, 5.74) is -4.19. The van der Waals surface area contributed by atoms with Crippen LogP contribution in [0.3, 0.4) is 0 Å². The lowest BCUT2D eigenvalue weighted by Gasteiger charge is -2.37. The lowest BCUT2D eigenvalue weighted by atomic mass is 9.83. The Bertz CT molecular complexity index is 1540. The molecule has 0 saturated heterocycles. The van der Waals surface area contributed by atoms with E-state index in [0.29, 0.717) is 0 Å². The summed E-state index contributed by atoms with van der Waals surface area (Å²) in [4.78, 5) is 24.8. The van der Waals surface area contributed by atoms with Crippen molar-refractivity contribution in [3.05, 3.63) is 65.0 Å². The molecule has 0 radical (unpaired) electrons. The molecule has 220 valence electrons. The van der Waals surface area contributed by atoms with Crippen LogP contribution in [0.25, 0.3) is 22.1 Å². The molecule has 0 aliphatic heterocycles. The molecule has 0 N–H and O–H groups in total. The number of halogens is 6. The largest absolute Gasteiger partial charge is 0.573 e. The van der Waals surface area contributed by atoms with Gasteiger partial charge in [-0.15, -0.1) is 13.2 Å². The van der Waals surface area contributed by atoms with Gasteiger partial charge in [0.1, 0.15) is 40.5 Å². The second-order valence-corrected chi connectivity index (χ2v) is 9.70. The fourth-order valence-electron chi connectivity index (χ4n) is 4.65. The molecule has 2 aromatic carbocycles. The van der Waals surface area contributed by atoms with E-state index < -0.39 is 47.5 Å². The van der Waals surface area contributed by atoms with Gasteiger partial charge in [0.2, 0.25) is 0 Å². The molecule has 41 heavy (non-hydrogen) atoms. The summed E-state index contributed by atoms with van der Waals surface area (Å²) in [6, 6.07) is 8.67. The van der Waals surface area contributed by atoms with Crippen molar-refractivity contribution >= 4 is 16.9 Å². The molecular formula is C28H24F6O7. The first-order valence-electron chi connectivity index (χ1n) is 12.2. The number of esters is 1. The van der Waals surface area contributed by atoms with E-state index in [1.807, 2.05) is 0 Å². The summed E-state index contributed by atoms with van der Waals surface area (Å²) in [5.74, 6) is -1.66. The average Bonchev–Trinajstić information content (AvgIpc) is 3.18. The van der Waals surface area contributed by atoms with Gasteiger partial charge in [-0.3, -0.25) is 0 Å². The lowest BCUT2D eigenvalue weighted by Crippen LogP contribution is -2.51. The zero-order chi connectivity index (χ0) is 30.3. The minimum atomic E-state index is -5.06. The zero-order valence-corrected chi connectivity index (χ0v) is 21.9. The van der Waals surface area contributed by atoms with Crippen molar-refractivity contribution in [1.29, 1.82) is 0 Å². The van der Waals surface area contributed by atoms with Gasteiger partial charge >= 0.3 is 24.1 Å². The number of carbonyl (C=O) groups excluding carboxylic acids is 1. The van der Waals surface area contributed by atoms with E-state index >= 15 is 0 Å². The monoisotopic (exact) mass is 586 g/mol. The molecule has 7 nitrogen and oxygen atoms in total. The minimum Gasteiger partial charge on any atom is -0.497 e. The molecule has 3 atom stereocenters. The number of benzene rings is 2. The van der Waals surface area contributed by atoms with Gasteiger partial charge in [-0.05, 0) is 57.0 Å². The van der Waals surface area contributed by atoms with Crippen molar-refractivity contribution < 1.29 is 54.5 Å². The van der Waals surface area contributed by atoms with Crippen LogP contribution in [-0.2, 0) is 9.53 Å². The number of hydrogen-bond acceptors (Lipinski definition) is 7. The molecule has 1 heterocycles. The minimum absolute atomic E-state index is 0.0467. The highest BCUT2D eigenvalue weighted by molar-refractivity contribution is 5.87. The molecule has 0 spiro atoms. The maximum Gasteiger partial charge on any atom is 0.573 e. The maximum absolute atomic E-state index is 14.3. The van der Waals surface area contributed by atoms with Gasteiger partial charge in [-0.2, -0.15) is 13.2 Å². The predicted molar refractivity (Wildman–Crippen MR) is 134 cm³/mol. The number of alkyl halides is 6. The van der Waals surface area contributed by atoms with E-state index in [1.54, 1.807) is 0 Å². The van der Waals surface area contributed by atoms with Crippen LogP contribution in [-0.4, -0.2) is 37.8 Å². The first kappa shape index (κ1) is 29.8. The van der Waals surface area contributed by atoms with E-state index in [2.05, 4.69) is 11.3 Å². The van der Waals surface area contributed by atoms with Crippen LogP contribution in [0.15, 0.2) is 63.8 Å². The summed E-state index contributed by atoms with van der Waals surface area (Å²) < 4.78 is 107. The van der Waals surface area contributed by atoms with E-state index in [9.17, 15) is 35.9 Å².